The lowest BCUT2D eigenvalue weighted by Gasteiger charge is -2.09. The molecule has 0 saturated carbocycles. The van der Waals surface area contributed by atoms with Gasteiger partial charge in [0.15, 0.2) is 0 Å². The van der Waals surface area contributed by atoms with Crippen molar-refractivity contribution in [2.75, 3.05) is 17.6 Å². The quantitative estimate of drug-likeness (QED) is 0.593. The molecule has 24 heavy (non-hydrogen) atoms. The van der Waals surface area contributed by atoms with Crippen LogP contribution in [0.15, 0.2) is 16.9 Å². The molecule has 0 fully saturated rings. The maximum absolute atomic E-state index is 11.3. The molecule has 5 N–H and O–H groups in total. The van der Waals surface area contributed by atoms with Gasteiger partial charge < -0.3 is 21.1 Å². The average molecular weight is 330 g/mol. The third kappa shape index (κ3) is 5.42. The van der Waals surface area contributed by atoms with Crippen molar-refractivity contribution in [1.82, 2.24) is 15.0 Å². The second kappa shape index (κ2) is 8.89. The van der Waals surface area contributed by atoms with E-state index in [1.807, 2.05) is 13.0 Å². The molecule has 0 bridgehead atoms. The Morgan fingerprint density at radius 3 is 2.62 bits per heavy atom. The summed E-state index contributed by atoms with van der Waals surface area (Å²) in [6.45, 7) is 3.97. The summed E-state index contributed by atoms with van der Waals surface area (Å²) in [6, 6.07) is 5.19. The molecular formula is C15H18N6O3. The smallest absolute Gasteiger partial charge is 0.290 e. The van der Waals surface area contributed by atoms with Gasteiger partial charge in [0.1, 0.15) is 23.5 Å². The zero-order valence-electron chi connectivity index (χ0n) is 13.3. The lowest BCUT2D eigenvalue weighted by Crippen LogP contribution is -2.16. The van der Waals surface area contributed by atoms with Crippen LogP contribution < -0.4 is 16.6 Å². The highest BCUT2D eigenvalue weighted by atomic mass is 16.3. The van der Waals surface area contributed by atoms with Gasteiger partial charge in [0, 0.05) is 19.0 Å². The number of nitrogens with zero attached hydrogens (tertiary/aromatic N) is 3. The fraction of sp³-hybridized carbons (Fsp3) is 0.267. The molecule has 0 spiro atoms. The van der Waals surface area contributed by atoms with Crippen molar-refractivity contribution >= 4 is 18.1 Å². The van der Waals surface area contributed by atoms with Crippen LogP contribution in [0.5, 0.6) is 0 Å². The van der Waals surface area contributed by atoms with E-state index in [9.17, 15) is 4.79 Å². The normalized spacial score (nSPS) is 9.38. The van der Waals surface area contributed by atoms with Crippen LogP contribution >= 0.6 is 0 Å². The average Bonchev–Trinajstić information content (AvgIpc) is 2.47. The summed E-state index contributed by atoms with van der Waals surface area (Å²) in [5, 5.41) is 19.0. The van der Waals surface area contributed by atoms with Crippen molar-refractivity contribution in [3.05, 3.63) is 45.1 Å². The van der Waals surface area contributed by atoms with E-state index in [1.54, 1.807) is 6.92 Å². The van der Waals surface area contributed by atoms with Gasteiger partial charge in [-0.25, -0.2) is 9.97 Å². The first-order valence-corrected chi connectivity index (χ1v) is 6.97. The Bertz CT molecular complexity index is 787. The molecule has 0 aliphatic carbocycles. The highest BCUT2D eigenvalue weighted by Gasteiger charge is 2.06. The Hall–Kier alpha value is -3.41. The van der Waals surface area contributed by atoms with Crippen LogP contribution in [-0.2, 0) is 11.2 Å². The number of aryl methyl sites for hydroxylation is 2. The summed E-state index contributed by atoms with van der Waals surface area (Å²) in [5.41, 5.74) is 7.42. The highest BCUT2D eigenvalue weighted by molar-refractivity contribution is 5.48. The number of hydrogen-bond donors (Lipinski definition) is 4. The predicted octanol–water partition coefficient (Wildman–Crippen LogP) is 0.591. The molecule has 0 atom stereocenters. The summed E-state index contributed by atoms with van der Waals surface area (Å²) < 4.78 is 0. The molecule has 0 aromatic carbocycles. The topological polar surface area (TPSA) is 158 Å². The van der Waals surface area contributed by atoms with Gasteiger partial charge in [-0.05, 0) is 25.5 Å². The largest absolute Gasteiger partial charge is 0.483 e. The minimum Gasteiger partial charge on any atom is -0.483 e. The van der Waals surface area contributed by atoms with Gasteiger partial charge in [0.05, 0.1) is 11.3 Å². The number of H-pyrrole nitrogens is 1. The zero-order valence-corrected chi connectivity index (χ0v) is 13.3. The maximum Gasteiger partial charge on any atom is 0.290 e. The van der Waals surface area contributed by atoms with Crippen LogP contribution in [0, 0.1) is 25.2 Å². The van der Waals surface area contributed by atoms with Gasteiger partial charge in [-0.2, -0.15) is 5.26 Å². The molecule has 9 nitrogen and oxygen atoms in total. The number of nitrogens with one attached hydrogen (secondary N) is 2. The first-order valence-electron chi connectivity index (χ1n) is 6.97. The molecule has 0 unspecified atom stereocenters. The first kappa shape index (κ1) is 18.6. The van der Waals surface area contributed by atoms with E-state index in [0.29, 0.717) is 35.9 Å². The summed E-state index contributed by atoms with van der Waals surface area (Å²) in [4.78, 5) is 30.6. The third-order valence-electron chi connectivity index (χ3n) is 2.99. The summed E-state index contributed by atoms with van der Waals surface area (Å²) in [7, 11) is 0. The second-order valence-corrected chi connectivity index (χ2v) is 4.80. The minimum absolute atomic E-state index is 0.205. The fourth-order valence-corrected chi connectivity index (χ4v) is 2.05. The van der Waals surface area contributed by atoms with E-state index >= 15 is 0 Å². The van der Waals surface area contributed by atoms with E-state index in [4.69, 9.17) is 20.9 Å². The maximum atomic E-state index is 11.3. The molecule has 2 aromatic rings. The van der Waals surface area contributed by atoms with Crippen LogP contribution in [0.25, 0.3) is 0 Å². The van der Waals surface area contributed by atoms with Crippen LogP contribution in [-0.4, -0.2) is 33.1 Å². The number of carboxylic acid groups (broad SMARTS) is 1. The molecule has 0 saturated heterocycles. The Kier molecular flexibility index (Phi) is 6.91. The van der Waals surface area contributed by atoms with E-state index in [0.717, 1.165) is 5.56 Å². The lowest BCUT2D eigenvalue weighted by atomic mass is 10.1. The molecule has 2 heterocycles. The number of nitriles is 1. The number of rotatable bonds is 4. The van der Waals surface area contributed by atoms with Crippen LogP contribution in [0.2, 0.25) is 0 Å². The predicted molar refractivity (Wildman–Crippen MR) is 88.6 cm³/mol. The van der Waals surface area contributed by atoms with Crippen molar-refractivity contribution in [2.24, 2.45) is 0 Å². The van der Waals surface area contributed by atoms with Gasteiger partial charge in [-0.3, -0.25) is 9.59 Å². The molecule has 2 rings (SSSR count). The van der Waals surface area contributed by atoms with Gasteiger partial charge in [-0.15, -0.1) is 0 Å². The number of carbonyl (C=O) groups is 1. The zero-order chi connectivity index (χ0) is 18.1. The number of anilines is 2. The second-order valence-electron chi connectivity index (χ2n) is 4.80. The van der Waals surface area contributed by atoms with Crippen LogP contribution in [0.1, 0.15) is 22.6 Å². The number of aromatic amines is 1. The van der Waals surface area contributed by atoms with E-state index in [1.165, 1.54) is 6.07 Å². The Balaban J connectivity index is 0.000000891. The number of nitrogen functional groups attached to an aromatic ring is 1. The fourth-order valence-electron chi connectivity index (χ4n) is 2.05. The van der Waals surface area contributed by atoms with Crippen LogP contribution in [0.4, 0.5) is 11.6 Å². The number of aromatic nitrogens is 3. The summed E-state index contributed by atoms with van der Waals surface area (Å²) in [6.07, 6.45) is 0.514. The number of pyridine rings is 1. The molecule has 126 valence electrons. The number of hydrogen-bond acceptors (Lipinski definition) is 7. The van der Waals surface area contributed by atoms with Crippen molar-refractivity contribution < 1.29 is 9.90 Å². The number of nitrogens with two attached hydrogens (primary N) is 1. The molecule has 0 aliphatic heterocycles. The Labute approximate surface area is 138 Å². The van der Waals surface area contributed by atoms with Crippen LogP contribution in [0.3, 0.4) is 0 Å². The molecule has 9 heteroatoms. The van der Waals surface area contributed by atoms with E-state index < -0.39 is 0 Å². The highest BCUT2D eigenvalue weighted by Crippen LogP contribution is 2.15. The van der Waals surface area contributed by atoms with Gasteiger partial charge in [0.25, 0.3) is 12.0 Å². The van der Waals surface area contributed by atoms with Crippen molar-refractivity contribution in [1.29, 1.82) is 5.26 Å². The summed E-state index contributed by atoms with van der Waals surface area (Å²) in [5.74, 6) is 1.42. The van der Waals surface area contributed by atoms with E-state index in [-0.39, 0.29) is 17.8 Å². The molecule has 0 aliphatic rings. The molecule has 2 aromatic heterocycles. The third-order valence-corrected chi connectivity index (χ3v) is 2.99. The van der Waals surface area contributed by atoms with Gasteiger partial charge in [-0.1, -0.05) is 0 Å². The summed E-state index contributed by atoms with van der Waals surface area (Å²) >= 11 is 0. The van der Waals surface area contributed by atoms with Crippen molar-refractivity contribution in [2.45, 2.75) is 20.3 Å². The molecule has 0 radical (unpaired) electrons. The monoisotopic (exact) mass is 330 g/mol. The first-order chi connectivity index (χ1) is 11.4. The Morgan fingerprint density at radius 1 is 1.42 bits per heavy atom. The molecular weight excluding hydrogens is 312 g/mol. The molecule has 0 amide bonds. The van der Waals surface area contributed by atoms with E-state index in [2.05, 4.69) is 26.3 Å². The van der Waals surface area contributed by atoms with Gasteiger partial charge >= 0.3 is 0 Å². The van der Waals surface area contributed by atoms with Crippen molar-refractivity contribution in [3.8, 4) is 6.07 Å². The van der Waals surface area contributed by atoms with Gasteiger partial charge in [0.2, 0.25) is 0 Å². The van der Waals surface area contributed by atoms with Crippen molar-refractivity contribution in [3.63, 3.8) is 0 Å². The standard InChI is InChI=1S/C14H16N6O.CH2O2/c1-8-5-13(18-9(2)10(8)7-15)17-4-3-12-19-11(16)6-14(21)20-12;2-1-3/h5-6H,3-4H2,1-2H3,(H,17,18)(H3,16,19,20,21);1H,(H,2,3). The Morgan fingerprint density at radius 2 is 2.08 bits per heavy atom. The lowest BCUT2D eigenvalue weighted by molar-refractivity contribution is -0.122. The SMILES string of the molecule is Cc1cc(NCCc2nc(N)cc(=O)[nH]2)nc(C)c1C#N.O=CO. The minimum atomic E-state index is -0.263.